The molecule has 0 aliphatic carbocycles. The van der Waals surface area contributed by atoms with E-state index in [-0.39, 0.29) is 5.91 Å². The molecular formula is C20H17Cl3N4O2. The van der Waals surface area contributed by atoms with Gasteiger partial charge in [-0.2, -0.15) is 4.98 Å². The number of carbonyl (C=O) groups is 1. The molecule has 2 heterocycles. The topological polar surface area (TPSA) is 62.5 Å². The molecular weight excluding hydrogens is 435 g/mol. The predicted molar refractivity (Wildman–Crippen MR) is 112 cm³/mol. The Morgan fingerprint density at radius 2 is 1.69 bits per heavy atom. The third-order valence-corrected chi connectivity index (χ3v) is 5.35. The van der Waals surface area contributed by atoms with Gasteiger partial charge in [0.2, 0.25) is 0 Å². The molecule has 29 heavy (non-hydrogen) atoms. The molecule has 1 aliphatic rings. The van der Waals surface area contributed by atoms with Crippen LogP contribution in [0.2, 0.25) is 15.1 Å². The molecule has 0 atom stereocenters. The zero-order chi connectivity index (χ0) is 20.4. The number of halogens is 3. The van der Waals surface area contributed by atoms with Crippen molar-refractivity contribution in [3.8, 4) is 11.5 Å². The average molecular weight is 452 g/mol. The van der Waals surface area contributed by atoms with E-state index in [0.717, 1.165) is 5.56 Å². The van der Waals surface area contributed by atoms with E-state index in [9.17, 15) is 4.79 Å². The number of rotatable bonds is 4. The van der Waals surface area contributed by atoms with Gasteiger partial charge in [0.25, 0.3) is 11.8 Å². The van der Waals surface area contributed by atoms with E-state index < -0.39 is 0 Å². The summed E-state index contributed by atoms with van der Waals surface area (Å²) in [5.41, 5.74) is 1.28. The molecule has 1 aromatic heterocycles. The molecule has 0 saturated carbocycles. The Hall–Kier alpha value is -2.12. The highest BCUT2D eigenvalue weighted by Crippen LogP contribution is 2.22. The Morgan fingerprint density at radius 3 is 2.38 bits per heavy atom. The highest BCUT2D eigenvalue weighted by atomic mass is 35.5. The van der Waals surface area contributed by atoms with E-state index in [1.54, 1.807) is 35.2 Å². The van der Waals surface area contributed by atoms with Crippen LogP contribution in [-0.4, -0.2) is 52.0 Å². The monoisotopic (exact) mass is 450 g/mol. The first-order valence-corrected chi connectivity index (χ1v) is 10.2. The van der Waals surface area contributed by atoms with Gasteiger partial charge in [-0.1, -0.05) is 46.0 Å². The maximum Gasteiger partial charge on any atom is 0.258 e. The highest BCUT2D eigenvalue weighted by molar-refractivity contribution is 6.35. The molecule has 1 saturated heterocycles. The van der Waals surface area contributed by atoms with Crippen LogP contribution in [-0.2, 0) is 6.54 Å². The Morgan fingerprint density at radius 1 is 0.966 bits per heavy atom. The normalized spacial score (nSPS) is 14.9. The van der Waals surface area contributed by atoms with Gasteiger partial charge in [-0.05, 0) is 36.4 Å². The Bertz CT molecular complexity index is 1010. The van der Waals surface area contributed by atoms with E-state index >= 15 is 0 Å². The largest absolute Gasteiger partial charge is 0.336 e. The first-order valence-electron chi connectivity index (χ1n) is 9.04. The van der Waals surface area contributed by atoms with Gasteiger partial charge in [-0.15, -0.1) is 0 Å². The van der Waals surface area contributed by atoms with Gasteiger partial charge in [0.15, 0.2) is 5.82 Å². The summed E-state index contributed by atoms with van der Waals surface area (Å²) in [7, 11) is 0. The van der Waals surface area contributed by atoms with Crippen molar-refractivity contribution in [3.63, 3.8) is 0 Å². The molecule has 6 nitrogen and oxygen atoms in total. The van der Waals surface area contributed by atoms with E-state index in [1.165, 1.54) is 0 Å². The summed E-state index contributed by atoms with van der Waals surface area (Å²) >= 11 is 18.0. The Kier molecular flexibility index (Phi) is 6.06. The van der Waals surface area contributed by atoms with Crippen LogP contribution >= 0.6 is 34.8 Å². The molecule has 1 amide bonds. The van der Waals surface area contributed by atoms with Crippen molar-refractivity contribution in [2.24, 2.45) is 0 Å². The third-order valence-electron chi connectivity index (χ3n) is 4.67. The number of aromatic nitrogens is 2. The lowest BCUT2D eigenvalue weighted by molar-refractivity contribution is 0.0624. The van der Waals surface area contributed by atoms with Crippen LogP contribution in [0.15, 0.2) is 47.0 Å². The van der Waals surface area contributed by atoms with Crippen LogP contribution in [0.25, 0.3) is 11.5 Å². The van der Waals surface area contributed by atoms with Crippen LogP contribution in [0.3, 0.4) is 0 Å². The van der Waals surface area contributed by atoms with E-state index in [2.05, 4.69) is 15.0 Å². The predicted octanol–water partition coefficient (Wildman–Crippen LogP) is 4.65. The quantitative estimate of drug-likeness (QED) is 0.577. The van der Waals surface area contributed by atoms with Gasteiger partial charge in [-0.3, -0.25) is 9.69 Å². The molecule has 1 aliphatic heterocycles. The maximum atomic E-state index is 12.7. The number of hydrogen-bond acceptors (Lipinski definition) is 5. The SMILES string of the molecule is O=C(c1cc(Cl)cc(Cl)c1)N1CCN(Cc2noc(-c3cccc(Cl)c3)n2)CC1. The average Bonchev–Trinajstić information content (AvgIpc) is 3.16. The number of nitrogens with zero attached hydrogens (tertiary/aromatic N) is 4. The van der Waals surface area contributed by atoms with E-state index in [1.807, 2.05) is 12.1 Å². The van der Waals surface area contributed by atoms with Gasteiger partial charge in [0, 0.05) is 52.4 Å². The second kappa shape index (κ2) is 8.71. The molecule has 0 N–H and O–H groups in total. The summed E-state index contributed by atoms with van der Waals surface area (Å²) in [5, 5.41) is 5.57. The first kappa shape index (κ1) is 20.2. The zero-order valence-electron chi connectivity index (χ0n) is 15.3. The molecule has 0 bridgehead atoms. The van der Waals surface area contributed by atoms with Crippen molar-refractivity contribution in [1.82, 2.24) is 19.9 Å². The summed E-state index contributed by atoms with van der Waals surface area (Å²) in [6.07, 6.45) is 0. The smallest absolute Gasteiger partial charge is 0.258 e. The number of hydrogen-bond donors (Lipinski definition) is 0. The standard InChI is InChI=1S/C20H17Cl3N4O2/c21-15-3-1-2-13(8-15)19-24-18(25-29-19)12-26-4-6-27(7-5-26)20(28)14-9-16(22)11-17(23)10-14/h1-3,8-11H,4-7,12H2. The van der Waals surface area contributed by atoms with E-state index in [4.69, 9.17) is 39.3 Å². The molecule has 150 valence electrons. The van der Waals surface area contributed by atoms with Crippen LogP contribution < -0.4 is 0 Å². The zero-order valence-corrected chi connectivity index (χ0v) is 17.6. The van der Waals surface area contributed by atoms with E-state index in [0.29, 0.717) is 65.1 Å². The molecule has 9 heteroatoms. The molecule has 0 spiro atoms. The fourth-order valence-electron chi connectivity index (χ4n) is 3.23. The van der Waals surface area contributed by atoms with Crippen LogP contribution in [0.4, 0.5) is 0 Å². The lowest BCUT2D eigenvalue weighted by atomic mass is 10.2. The van der Waals surface area contributed by atoms with Gasteiger partial charge in [-0.25, -0.2) is 0 Å². The molecule has 0 radical (unpaired) electrons. The lowest BCUT2D eigenvalue weighted by Crippen LogP contribution is -2.48. The molecule has 0 unspecified atom stereocenters. The second-order valence-corrected chi connectivity index (χ2v) is 8.06. The Labute approximate surface area is 183 Å². The van der Waals surface area contributed by atoms with Crippen molar-refractivity contribution in [1.29, 1.82) is 0 Å². The van der Waals surface area contributed by atoms with Crippen molar-refractivity contribution in [2.45, 2.75) is 6.54 Å². The molecule has 2 aromatic carbocycles. The van der Waals surface area contributed by atoms with Gasteiger partial charge >= 0.3 is 0 Å². The third kappa shape index (κ3) is 4.90. The van der Waals surface area contributed by atoms with Crippen molar-refractivity contribution < 1.29 is 9.32 Å². The number of amides is 1. The minimum atomic E-state index is -0.0724. The minimum absolute atomic E-state index is 0.0724. The Balaban J connectivity index is 1.35. The number of piperazine rings is 1. The maximum absolute atomic E-state index is 12.7. The molecule has 4 rings (SSSR count). The first-order chi connectivity index (χ1) is 14.0. The summed E-state index contributed by atoms with van der Waals surface area (Å²) in [6, 6.07) is 12.2. The number of carbonyl (C=O) groups excluding carboxylic acids is 1. The van der Waals surface area contributed by atoms with Crippen molar-refractivity contribution in [3.05, 3.63) is 68.9 Å². The summed E-state index contributed by atoms with van der Waals surface area (Å²) in [4.78, 5) is 21.1. The molecule has 3 aromatic rings. The lowest BCUT2D eigenvalue weighted by Gasteiger charge is -2.34. The van der Waals surface area contributed by atoms with Crippen LogP contribution in [0, 0.1) is 0 Å². The summed E-state index contributed by atoms with van der Waals surface area (Å²) in [5.74, 6) is 0.965. The minimum Gasteiger partial charge on any atom is -0.336 e. The van der Waals surface area contributed by atoms with Crippen molar-refractivity contribution in [2.75, 3.05) is 26.2 Å². The van der Waals surface area contributed by atoms with Crippen molar-refractivity contribution >= 4 is 40.7 Å². The van der Waals surface area contributed by atoms with Gasteiger partial charge < -0.3 is 9.42 Å². The summed E-state index contributed by atoms with van der Waals surface area (Å²) < 4.78 is 5.35. The highest BCUT2D eigenvalue weighted by Gasteiger charge is 2.24. The fraction of sp³-hybridized carbons (Fsp3) is 0.250. The van der Waals surface area contributed by atoms with Crippen LogP contribution in [0.5, 0.6) is 0 Å². The fourth-order valence-corrected chi connectivity index (χ4v) is 3.94. The second-order valence-electron chi connectivity index (χ2n) is 6.75. The van der Waals surface area contributed by atoms with Gasteiger partial charge in [0.05, 0.1) is 6.54 Å². The number of benzene rings is 2. The molecule has 1 fully saturated rings. The van der Waals surface area contributed by atoms with Crippen LogP contribution in [0.1, 0.15) is 16.2 Å². The van der Waals surface area contributed by atoms with Gasteiger partial charge in [0.1, 0.15) is 0 Å². The summed E-state index contributed by atoms with van der Waals surface area (Å²) in [6.45, 7) is 3.17.